The van der Waals surface area contributed by atoms with Crippen molar-refractivity contribution in [2.45, 2.75) is 79.0 Å². The summed E-state index contributed by atoms with van der Waals surface area (Å²) in [4.78, 5) is 52.4. The fraction of sp³-hybridized carbons (Fsp3) is 0.720. The number of esters is 2. The molecule has 0 bridgehead atoms. The number of hydrogen-bond donors (Lipinski definition) is 3. The van der Waals surface area contributed by atoms with Crippen LogP contribution in [-0.2, 0) is 42.2 Å². The lowest BCUT2D eigenvalue weighted by molar-refractivity contribution is -0.149. The molecule has 0 radical (unpaired) electrons. The normalized spacial score (nSPS) is 22.9. The summed E-state index contributed by atoms with van der Waals surface area (Å²) in [6, 6.07) is -0.555. The van der Waals surface area contributed by atoms with Crippen molar-refractivity contribution in [2.24, 2.45) is 17.1 Å². The van der Waals surface area contributed by atoms with Crippen molar-refractivity contribution >= 4 is 42.4 Å². The maximum Gasteiger partial charge on any atom is 0.406 e. The van der Waals surface area contributed by atoms with E-state index < -0.39 is 73.8 Å². The Labute approximate surface area is 249 Å². The van der Waals surface area contributed by atoms with Crippen LogP contribution in [0.1, 0.15) is 54.7 Å². The number of hydrogen-bond acceptors (Lipinski definition) is 14. The second-order valence-corrected chi connectivity index (χ2v) is 13.8. The van der Waals surface area contributed by atoms with E-state index in [1.807, 2.05) is 0 Å². The summed E-state index contributed by atoms with van der Waals surface area (Å²) in [7, 11) is -4.22. The molecule has 2 rings (SSSR count). The number of nitrogens with two attached hydrogens (primary N) is 2. The third kappa shape index (κ3) is 10.7. The van der Waals surface area contributed by atoms with Crippen molar-refractivity contribution < 1.29 is 42.2 Å². The van der Waals surface area contributed by atoms with Crippen molar-refractivity contribution in [1.29, 1.82) is 0 Å². The molecular weight excluding hydrogens is 593 g/mol. The number of anilines is 1. The lowest BCUT2D eigenvalue weighted by Gasteiger charge is -2.26. The van der Waals surface area contributed by atoms with Crippen molar-refractivity contribution in [3.05, 3.63) is 22.7 Å². The molecule has 1 aliphatic heterocycles. The molecule has 1 aromatic rings. The number of thioether (sulfide) groups is 1. The monoisotopic (exact) mass is 635 g/mol. The third-order valence-corrected chi connectivity index (χ3v) is 8.84. The highest BCUT2D eigenvalue weighted by atomic mass is 32.2. The predicted octanol–water partition coefficient (Wildman–Crippen LogP) is 1.61. The predicted molar refractivity (Wildman–Crippen MR) is 155 cm³/mol. The second kappa shape index (κ2) is 15.4. The molecule has 1 aromatic heterocycles. The van der Waals surface area contributed by atoms with E-state index >= 15 is 0 Å². The molecule has 1 saturated heterocycles. The number of aromatic nitrogens is 2. The first-order chi connectivity index (χ1) is 19.4. The molecule has 1 fully saturated rings. The van der Waals surface area contributed by atoms with E-state index in [9.17, 15) is 23.7 Å². The van der Waals surface area contributed by atoms with Crippen LogP contribution in [0.5, 0.6) is 0 Å². The average Bonchev–Trinajstić information content (AvgIpc) is 3.17. The molecule has 0 aliphatic carbocycles. The molecule has 1 aliphatic rings. The summed E-state index contributed by atoms with van der Waals surface area (Å²) < 4.78 is 42.6. The molecule has 15 nitrogen and oxygen atoms in total. The van der Waals surface area contributed by atoms with Crippen LogP contribution >= 0.6 is 19.5 Å². The Morgan fingerprint density at radius 3 is 2.45 bits per heavy atom. The van der Waals surface area contributed by atoms with Gasteiger partial charge in [0.15, 0.2) is 11.3 Å². The van der Waals surface area contributed by atoms with Gasteiger partial charge in [0, 0.05) is 30.2 Å². The molecule has 5 N–H and O–H groups in total. The molecule has 238 valence electrons. The van der Waals surface area contributed by atoms with E-state index in [0.717, 1.165) is 16.3 Å². The smallest absolute Gasteiger partial charge is 0.406 e. The Morgan fingerprint density at radius 1 is 1.21 bits per heavy atom. The van der Waals surface area contributed by atoms with Gasteiger partial charge in [-0.2, -0.15) is 4.98 Å². The zero-order valence-corrected chi connectivity index (χ0v) is 26.6. The van der Waals surface area contributed by atoms with Crippen molar-refractivity contribution in [1.82, 2.24) is 14.6 Å². The van der Waals surface area contributed by atoms with Gasteiger partial charge in [0.05, 0.1) is 38.1 Å². The van der Waals surface area contributed by atoms with Gasteiger partial charge in [0.25, 0.3) is 0 Å². The van der Waals surface area contributed by atoms with E-state index in [0.29, 0.717) is 0 Å². The van der Waals surface area contributed by atoms with E-state index in [2.05, 4.69) is 10.1 Å². The minimum atomic E-state index is -4.22. The van der Waals surface area contributed by atoms with Gasteiger partial charge in [0.2, 0.25) is 0 Å². The van der Waals surface area contributed by atoms with Crippen LogP contribution < -0.4 is 22.2 Å². The fourth-order valence-corrected chi connectivity index (χ4v) is 6.10. The van der Waals surface area contributed by atoms with Gasteiger partial charge in [-0.1, -0.05) is 32.5 Å². The highest BCUT2D eigenvalue weighted by molar-refractivity contribution is 8.13. The van der Waals surface area contributed by atoms with Crippen LogP contribution in [0.4, 0.5) is 5.82 Å². The highest BCUT2D eigenvalue weighted by Gasteiger charge is 2.46. The summed E-state index contributed by atoms with van der Waals surface area (Å²) in [5.41, 5.74) is 10.7. The molecule has 0 saturated carbocycles. The summed E-state index contributed by atoms with van der Waals surface area (Å²) in [6.07, 6.45) is -1.01. The first kappa shape index (κ1) is 35.9. The largest absolute Gasteiger partial charge is 0.465 e. The van der Waals surface area contributed by atoms with Crippen LogP contribution in [-0.4, -0.2) is 76.5 Å². The van der Waals surface area contributed by atoms with E-state index in [4.69, 9.17) is 34.7 Å². The van der Waals surface area contributed by atoms with Crippen LogP contribution in [0.3, 0.4) is 0 Å². The van der Waals surface area contributed by atoms with Crippen LogP contribution in [0.15, 0.2) is 17.1 Å². The zero-order valence-electron chi connectivity index (χ0n) is 24.9. The van der Waals surface area contributed by atoms with Crippen molar-refractivity contribution in [3.63, 3.8) is 0 Å². The van der Waals surface area contributed by atoms with Crippen molar-refractivity contribution in [2.75, 3.05) is 31.3 Å². The second-order valence-electron chi connectivity index (χ2n) is 11.0. The molecular formula is C25H42N5O10PS. The molecule has 42 heavy (non-hydrogen) atoms. The number of nitrogen functional groups attached to an aromatic ring is 1. The minimum Gasteiger partial charge on any atom is -0.465 e. The topological polar surface area (TPSA) is 213 Å². The summed E-state index contributed by atoms with van der Waals surface area (Å²) in [5, 5.41) is 2.49. The summed E-state index contributed by atoms with van der Waals surface area (Å²) in [5.74, 6) is -1.76. The first-order valence-corrected chi connectivity index (χ1v) is 15.9. The highest BCUT2D eigenvalue weighted by Crippen LogP contribution is 2.46. The molecule has 0 aromatic carbocycles. The minimum absolute atomic E-state index is 0.0100. The lowest BCUT2D eigenvalue weighted by atomic mass is 9.97. The molecule has 6 atom stereocenters. The number of carbonyl (C=O) groups is 3. The number of nitrogens with one attached hydrogen (secondary N) is 1. The Morgan fingerprint density at radius 2 is 1.88 bits per heavy atom. The quantitative estimate of drug-likeness (QED) is 0.150. The van der Waals surface area contributed by atoms with Crippen LogP contribution in [0.25, 0.3) is 0 Å². The van der Waals surface area contributed by atoms with Crippen LogP contribution in [0, 0.1) is 11.3 Å². The fourth-order valence-electron chi connectivity index (χ4n) is 3.71. The van der Waals surface area contributed by atoms with E-state index in [1.54, 1.807) is 34.6 Å². The van der Waals surface area contributed by atoms with Gasteiger partial charge in [-0.3, -0.25) is 28.0 Å². The number of ether oxygens (including phenoxy) is 3. The van der Waals surface area contributed by atoms with Gasteiger partial charge >= 0.3 is 25.4 Å². The Hall–Kier alpha value is -2.33. The zero-order chi connectivity index (χ0) is 31.8. The Balaban J connectivity index is 2.23. The van der Waals surface area contributed by atoms with Gasteiger partial charge in [-0.15, -0.1) is 0 Å². The molecule has 6 unspecified atom stereocenters. The molecule has 2 heterocycles. The van der Waals surface area contributed by atoms with Crippen LogP contribution in [0.2, 0.25) is 0 Å². The Kier molecular flexibility index (Phi) is 13.2. The first-order valence-electron chi connectivity index (χ1n) is 13.4. The van der Waals surface area contributed by atoms with Gasteiger partial charge in [0.1, 0.15) is 11.9 Å². The Bertz CT molecular complexity index is 1210. The van der Waals surface area contributed by atoms with Gasteiger partial charge in [-0.25, -0.2) is 14.4 Å². The maximum atomic E-state index is 13.8. The van der Waals surface area contributed by atoms with E-state index in [1.165, 1.54) is 26.1 Å². The maximum absolute atomic E-state index is 13.8. The molecule has 17 heteroatoms. The summed E-state index contributed by atoms with van der Waals surface area (Å²) >= 11 is 1.01. The van der Waals surface area contributed by atoms with Gasteiger partial charge in [-0.05, 0) is 26.8 Å². The average molecular weight is 636 g/mol. The van der Waals surface area contributed by atoms with Gasteiger partial charge < -0.3 is 25.7 Å². The number of carbonyl (C=O) groups excluding carboxylic acids is 3. The lowest BCUT2D eigenvalue weighted by Crippen LogP contribution is -2.41. The number of nitrogens with zero attached hydrogens (tertiary/aromatic N) is 2. The standard InChI is InChI=1S/C25H42N5O10PS/c1-14(2)39-22(32)15(3)29-41(35,37-10-11-42-23(33)25(5,6)7)38-13-18-17(12-36-16(4)31)20(27)21(40-18)30-9-8-19(26)28-24(30)34/h8-9,14-15,17-18,20-21H,10-13,27H2,1-7H3,(H,29,35)(H2,26,28,34). The number of rotatable bonds is 14. The SMILES string of the molecule is CC(=O)OCC1C(COP(=O)(NC(C)C(=O)OC(C)C)OCCSC(=O)C(C)(C)C)OC(n2ccc(N)nc2=O)C1N. The third-order valence-electron chi connectivity index (χ3n) is 5.88. The van der Waals surface area contributed by atoms with E-state index in [-0.39, 0.29) is 29.9 Å². The molecule has 0 spiro atoms. The summed E-state index contributed by atoms with van der Waals surface area (Å²) in [6.45, 7) is 10.6. The molecule has 0 amide bonds. The van der Waals surface area contributed by atoms with Crippen molar-refractivity contribution in [3.8, 4) is 0 Å².